The van der Waals surface area contributed by atoms with Crippen LogP contribution >= 0.6 is 11.9 Å². The van der Waals surface area contributed by atoms with Crippen molar-refractivity contribution in [3.05, 3.63) is 42.6 Å². The Balaban J connectivity index is 0.000000336. The molecule has 0 spiro atoms. The predicted molar refractivity (Wildman–Crippen MR) is 49.8 cm³/mol. The van der Waals surface area contributed by atoms with Crippen LogP contribution in [0, 0.1) is 0 Å². The van der Waals surface area contributed by atoms with Gasteiger partial charge in [-0.1, -0.05) is 24.3 Å². The Morgan fingerprint density at radius 2 is 1.67 bits per heavy atom. The third-order valence-corrected chi connectivity index (χ3v) is 1.51. The van der Waals surface area contributed by atoms with Gasteiger partial charge < -0.3 is 0 Å². The van der Waals surface area contributed by atoms with Crippen LogP contribution in [0.3, 0.4) is 0 Å². The summed E-state index contributed by atoms with van der Waals surface area (Å²) in [5, 5.41) is 1.20. The molecule has 0 aliphatic rings. The van der Waals surface area contributed by atoms with Crippen molar-refractivity contribution < 1.29 is 4.66 Å². The van der Waals surface area contributed by atoms with E-state index in [0.717, 1.165) is 5.52 Å². The van der Waals surface area contributed by atoms with Gasteiger partial charge in [-0.2, -0.15) is 0 Å². The highest BCUT2D eigenvalue weighted by atomic mass is 35.5. The lowest BCUT2D eigenvalue weighted by molar-refractivity contribution is 0.632. The molecule has 0 saturated carbocycles. The normalized spacial score (nSPS) is 8.83. The molecule has 12 heavy (non-hydrogen) atoms. The molecule has 3 heteroatoms. The second-order valence-corrected chi connectivity index (χ2v) is 2.20. The SMILES string of the molecule is OCl.c1ccc2ncccc2c1. The van der Waals surface area contributed by atoms with Crippen LogP contribution in [0.4, 0.5) is 0 Å². The van der Waals surface area contributed by atoms with Crippen molar-refractivity contribution in [2.45, 2.75) is 0 Å². The minimum atomic E-state index is 1.06. The number of para-hydroxylation sites is 1. The Labute approximate surface area is 75.6 Å². The standard InChI is InChI=1S/C9H7N.ClHO/c1-2-6-9-8(4-1)5-3-7-10-9;1-2/h1-7H;2H. The molecule has 0 aliphatic carbocycles. The molecule has 0 aliphatic heterocycles. The molecule has 0 amide bonds. The Morgan fingerprint density at radius 1 is 1.00 bits per heavy atom. The van der Waals surface area contributed by atoms with Gasteiger partial charge >= 0.3 is 0 Å². The van der Waals surface area contributed by atoms with E-state index in [1.54, 1.807) is 0 Å². The second-order valence-electron chi connectivity index (χ2n) is 2.20. The first-order valence-electron chi connectivity index (χ1n) is 3.43. The molecule has 1 N–H and O–H groups in total. The Bertz CT molecular complexity index is 286. The monoisotopic (exact) mass is 181 g/mol. The third-order valence-electron chi connectivity index (χ3n) is 1.51. The van der Waals surface area contributed by atoms with Crippen LogP contribution in [0.15, 0.2) is 42.6 Å². The fourth-order valence-electron chi connectivity index (χ4n) is 1.02. The van der Waals surface area contributed by atoms with Gasteiger partial charge in [0, 0.05) is 11.6 Å². The van der Waals surface area contributed by atoms with Crippen molar-refractivity contribution in [1.82, 2.24) is 4.98 Å². The van der Waals surface area contributed by atoms with E-state index in [-0.39, 0.29) is 0 Å². The minimum absolute atomic E-state index is 1.06. The van der Waals surface area contributed by atoms with Crippen molar-refractivity contribution in [3.8, 4) is 0 Å². The number of rotatable bonds is 0. The summed E-state index contributed by atoms with van der Waals surface area (Å²) in [6.07, 6.45) is 1.81. The molecule has 62 valence electrons. The molecule has 2 nitrogen and oxygen atoms in total. The van der Waals surface area contributed by atoms with Crippen LogP contribution in [-0.4, -0.2) is 9.64 Å². The van der Waals surface area contributed by atoms with E-state index in [9.17, 15) is 0 Å². The van der Waals surface area contributed by atoms with Crippen molar-refractivity contribution in [2.24, 2.45) is 0 Å². The maximum atomic E-state index is 6.47. The maximum Gasteiger partial charge on any atom is 0.0701 e. The smallest absolute Gasteiger partial charge is 0.0701 e. The van der Waals surface area contributed by atoms with Gasteiger partial charge in [0.2, 0.25) is 0 Å². The van der Waals surface area contributed by atoms with Gasteiger partial charge in [0.25, 0.3) is 0 Å². The lowest BCUT2D eigenvalue weighted by Crippen LogP contribution is -1.73. The number of hydrogen-bond acceptors (Lipinski definition) is 2. The van der Waals surface area contributed by atoms with Crippen LogP contribution in [0.25, 0.3) is 10.9 Å². The quantitative estimate of drug-likeness (QED) is 0.677. The zero-order valence-corrected chi connectivity index (χ0v) is 7.07. The molecular formula is C9H8ClNO. The molecule has 0 atom stereocenters. The van der Waals surface area contributed by atoms with E-state index in [1.807, 2.05) is 30.5 Å². The molecule has 2 aromatic rings. The zero-order chi connectivity index (χ0) is 8.81. The first kappa shape index (κ1) is 8.97. The Hall–Kier alpha value is -1.12. The van der Waals surface area contributed by atoms with E-state index >= 15 is 0 Å². The fourth-order valence-corrected chi connectivity index (χ4v) is 1.02. The van der Waals surface area contributed by atoms with Gasteiger partial charge in [-0.3, -0.25) is 9.64 Å². The summed E-state index contributed by atoms with van der Waals surface area (Å²) in [6.45, 7) is 0. The zero-order valence-electron chi connectivity index (χ0n) is 6.31. The highest BCUT2D eigenvalue weighted by Crippen LogP contribution is 2.07. The second kappa shape index (κ2) is 4.70. The van der Waals surface area contributed by atoms with Crippen molar-refractivity contribution in [1.29, 1.82) is 0 Å². The molecule has 0 fully saturated rings. The van der Waals surface area contributed by atoms with Gasteiger partial charge in [0.05, 0.1) is 17.4 Å². The number of pyridine rings is 1. The van der Waals surface area contributed by atoms with Gasteiger partial charge in [-0.25, -0.2) is 0 Å². The first-order chi connectivity index (χ1) is 5.97. The van der Waals surface area contributed by atoms with E-state index in [2.05, 4.69) is 29.0 Å². The van der Waals surface area contributed by atoms with Gasteiger partial charge in [0.15, 0.2) is 0 Å². The topological polar surface area (TPSA) is 33.1 Å². The molecule has 0 bridgehead atoms. The lowest BCUT2D eigenvalue weighted by Gasteiger charge is -1.91. The van der Waals surface area contributed by atoms with Crippen molar-refractivity contribution >= 4 is 22.8 Å². The molecule has 0 unspecified atom stereocenters. The lowest BCUT2D eigenvalue weighted by atomic mass is 10.2. The molecule has 1 aromatic carbocycles. The molecule has 1 heterocycles. The minimum Gasteiger partial charge on any atom is -0.295 e. The van der Waals surface area contributed by atoms with Crippen LogP contribution < -0.4 is 0 Å². The molecule has 1 aromatic heterocycles. The summed E-state index contributed by atoms with van der Waals surface area (Å²) in [5.74, 6) is 0. The predicted octanol–water partition coefficient (Wildman–Crippen LogP) is 2.37. The van der Waals surface area contributed by atoms with Crippen LogP contribution in [-0.2, 0) is 0 Å². The summed E-state index contributed by atoms with van der Waals surface area (Å²) in [7, 11) is 0. The van der Waals surface area contributed by atoms with Gasteiger partial charge in [-0.05, 0) is 12.1 Å². The Kier molecular flexibility index (Phi) is 3.51. The molecule has 2 rings (SSSR count). The first-order valence-corrected chi connectivity index (χ1v) is 3.77. The number of halogens is 1. The Morgan fingerprint density at radius 3 is 2.42 bits per heavy atom. The van der Waals surface area contributed by atoms with Crippen LogP contribution in [0.5, 0.6) is 0 Å². The average Bonchev–Trinajstić information content (AvgIpc) is 2.21. The number of benzene rings is 1. The number of hydrogen-bond donors (Lipinski definition) is 1. The summed E-state index contributed by atoms with van der Waals surface area (Å²) in [5.41, 5.74) is 1.06. The number of fused-ring (bicyclic) bond motifs is 1. The van der Waals surface area contributed by atoms with Gasteiger partial charge in [-0.15, -0.1) is 0 Å². The van der Waals surface area contributed by atoms with Crippen LogP contribution in [0.2, 0.25) is 0 Å². The van der Waals surface area contributed by atoms with E-state index in [1.165, 1.54) is 5.39 Å². The molecule has 0 saturated heterocycles. The van der Waals surface area contributed by atoms with Crippen LogP contribution in [0.1, 0.15) is 0 Å². The van der Waals surface area contributed by atoms with E-state index < -0.39 is 0 Å². The summed E-state index contributed by atoms with van der Waals surface area (Å²) < 4.78 is 6.47. The van der Waals surface area contributed by atoms with Gasteiger partial charge in [0.1, 0.15) is 0 Å². The van der Waals surface area contributed by atoms with E-state index in [0.29, 0.717) is 0 Å². The van der Waals surface area contributed by atoms with Crippen molar-refractivity contribution in [2.75, 3.05) is 0 Å². The van der Waals surface area contributed by atoms with Crippen molar-refractivity contribution in [3.63, 3.8) is 0 Å². The highest BCUT2D eigenvalue weighted by molar-refractivity contribution is 6.04. The number of nitrogens with zero attached hydrogens (tertiary/aromatic N) is 1. The number of aromatic nitrogens is 1. The summed E-state index contributed by atoms with van der Waals surface area (Å²) >= 11 is 3.64. The molecule has 0 radical (unpaired) electrons. The largest absolute Gasteiger partial charge is 0.295 e. The van der Waals surface area contributed by atoms with E-state index in [4.69, 9.17) is 4.66 Å². The fraction of sp³-hybridized carbons (Fsp3) is 0. The summed E-state index contributed by atoms with van der Waals surface area (Å²) in [6, 6.07) is 12.1. The maximum absolute atomic E-state index is 6.47. The average molecular weight is 182 g/mol. The highest BCUT2D eigenvalue weighted by Gasteiger charge is 1.86. The third kappa shape index (κ3) is 1.94. The summed E-state index contributed by atoms with van der Waals surface area (Å²) in [4.78, 5) is 4.18. The molecular weight excluding hydrogens is 174 g/mol.